The van der Waals surface area contributed by atoms with Crippen molar-refractivity contribution in [2.24, 2.45) is 0 Å². The molecule has 0 aliphatic heterocycles. The number of imidazole rings is 1. The number of aromatic nitrogens is 2. The molecule has 0 saturated heterocycles. The molecule has 0 aliphatic carbocycles. The van der Waals surface area contributed by atoms with Crippen LogP contribution in [0.15, 0.2) is 42.6 Å². The monoisotopic (exact) mass is 314 g/mol. The summed E-state index contributed by atoms with van der Waals surface area (Å²) < 4.78 is 55.5. The summed E-state index contributed by atoms with van der Waals surface area (Å²) in [6.07, 6.45) is 0.0225. The Morgan fingerprint density at radius 2 is 1.87 bits per heavy atom. The van der Waals surface area contributed by atoms with Crippen LogP contribution in [0.2, 0.25) is 0 Å². The summed E-state index contributed by atoms with van der Waals surface area (Å²) in [4.78, 5) is 18.3. The SMILES string of the molecule is [2H]C(C(=O)N(C)C)c1c(-c2ccc(C([2H])([2H])[2H])cc2)nc2ccc(C([2H])([2H])[2H])cn12. The van der Waals surface area contributed by atoms with E-state index in [-0.39, 0.29) is 16.8 Å². The van der Waals surface area contributed by atoms with Crippen LogP contribution in [0.25, 0.3) is 16.9 Å². The largest absolute Gasteiger partial charge is 0.348 e. The Bertz CT molecular complexity index is 1080. The van der Waals surface area contributed by atoms with E-state index in [0.29, 0.717) is 16.9 Å². The minimum Gasteiger partial charge on any atom is -0.348 e. The van der Waals surface area contributed by atoms with Crippen molar-refractivity contribution in [3.05, 3.63) is 59.4 Å². The lowest BCUT2D eigenvalue weighted by molar-refractivity contribution is -0.128. The summed E-state index contributed by atoms with van der Waals surface area (Å²) in [6, 6.07) is 9.02. The zero-order chi connectivity index (χ0) is 22.4. The van der Waals surface area contributed by atoms with E-state index < -0.39 is 26.0 Å². The summed E-state index contributed by atoms with van der Waals surface area (Å²) in [5.41, 5.74) is 1.68. The molecule has 0 N–H and O–H groups in total. The number of nitrogens with zero attached hydrogens (tertiary/aromatic N) is 3. The van der Waals surface area contributed by atoms with Gasteiger partial charge in [0.1, 0.15) is 5.65 Å². The predicted octanol–water partition coefficient (Wildman–Crippen LogP) is 3.25. The van der Waals surface area contributed by atoms with Gasteiger partial charge in [-0.3, -0.25) is 4.79 Å². The van der Waals surface area contributed by atoms with Crippen molar-refractivity contribution >= 4 is 11.6 Å². The van der Waals surface area contributed by atoms with Crippen LogP contribution in [0.5, 0.6) is 0 Å². The van der Waals surface area contributed by atoms with E-state index in [2.05, 4.69) is 4.98 Å². The van der Waals surface area contributed by atoms with Crippen LogP contribution in [0.1, 0.15) is 26.4 Å². The normalized spacial score (nSPS) is 17.9. The molecule has 0 radical (unpaired) electrons. The van der Waals surface area contributed by atoms with E-state index in [1.807, 2.05) is 0 Å². The molecule has 23 heavy (non-hydrogen) atoms. The smallest absolute Gasteiger partial charge is 0.228 e. The van der Waals surface area contributed by atoms with Crippen LogP contribution < -0.4 is 0 Å². The van der Waals surface area contributed by atoms with E-state index in [1.54, 1.807) is 12.1 Å². The van der Waals surface area contributed by atoms with Gasteiger partial charge < -0.3 is 9.30 Å². The van der Waals surface area contributed by atoms with Gasteiger partial charge in [-0.25, -0.2) is 4.98 Å². The highest BCUT2D eigenvalue weighted by molar-refractivity contribution is 5.81. The molecule has 1 amide bonds. The lowest BCUT2D eigenvalue weighted by Gasteiger charge is -2.11. The molecule has 4 nitrogen and oxygen atoms in total. The van der Waals surface area contributed by atoms with Crippen LogP contribution in [0.4, 0.5) is 0 Å². The van der Waals surface area contributed by atoms with Gasteiger partial charge in [-0.1, -0.05) is 35.9 Å². The second-order valence-electron chi connectivity index (χ2n) is 5.45. The van der Waals surface area contributed by atoms with Gasteiger partial charge in [-0.15, -0.1) is 0 Å². The molecule has 2 aromatic heterocycles. The minimum absolute atomic E-state index is 0.0578. The number of hydrogen-bond donors (Lipinski definition) is 0. The maximum Gasteiger partial charge on any atom is 0.228 e. The summed E-state index contributed by atoms with van der Waals surface area (Å²) in [6.45, 7) is -4.62. The minimum atomic E-state index is -2.36. The van der Waals surface area contributed by atoms with Gasteiger partial charge >= 0.3 is 0 Å². The Kier molecular flexibility index (Phi) is 2.27. The molecule has 0 bridgehead atoms. The number of aryl methyl sites for hydroxylation is 2. The summed E-state index contributed by atoms with van der Waals surface area (Å²) in [7, 11) is 3.07. The molecule has 1 unspecified atom stereocenters. The Balaban J connectivity index is 2.25. The molecule has 0 fully saturated rings. The summed E-state index contributed by atoms with van der Waals surface area (Å²) in [5.74, 6) is -0.489. The zero-order valence-corrected chi connectivity index (χ0v) is 12.9. The number of rotatable bonds is 3. The van der Waals surface area contributed by atoms with Crippen molar-refractivity contribution in [2.75, 3.05) is 14.1 Å². The lowest BCUT2D eigenvalue weighted by atomic mass is 10.1. The van der Waals surface area contributed by atoms with Crippen LogP contribution in [0, 0.1) is 13.7 Å². The fourth-order valence-corrected chi connectivity index (χ4v) is 2.29. The second-order valence-corrected chi connectivity index (χ2v) is 5.45. The predicted molar refractivity (Wildman–Crippen MR) is 92.5 cm³/mol. The topological polar surface area (TPSA) is 37.6 Å². The molecule has 0 aliphatic rings. The fourth-order valence-electron chi connectivity index (χ4n) is 2.29. The summed E-state index contributed by atoms with van der Waals surface area (Å²) >= 11 is 0. The first kappa shape index (κ1) is 8.87. The van der Waals surface area contributed by atoms with Crippen LogP contribution in [-0.4, -0.2) is 34.3 Å². The molecule has 0 spiro atoms. The molecular formula is C19H21N3O. The Hall–Kier alpha value is -2.62. The number of carbonyl (C=O) groups excluding carboxylic acids is 1. The standard InChI is InChI=1S/C19H21N3O/c1-13-5-8-15(9-6-13)19-16(11-18(23)21(3)4)22-12-14(2)7-10-17(22)20-19/h5-10,12H,11H2,1-4H3/i1D3,2D3,11D. The molecular weight excluding hydrogens is 286 g/mol. The number of likely N-dealkylation sites (N-methyl/N-ethyl adjacent to an activating group) is 1. The number of hydrogen-bond acceptors (Lipinski definition) is 2. The van der Waals surface area contributed by atoms with E-state index in [9.17, 15) is 4.79 Å². The number of fused-ring (bicyclic) bond motifs is 1. The molecule has 0 saturated carbocycles. The first-order valence-corrected chi connectivity index (χ1v) is 7.07. The molecule has 1 aromatic carbocycles. The Morgan fingerprint density at radius 3 is 2.52 bits per heavy atom. The third-order valence-corrected chi connectivity index (χ3v) is 3.51. The molecule has 1 atom stereocenters. The number of benzene rings is 1. The summed E-state index contributed by atoms with van der Waals surface area (Å²) in [5, 5.41) is 0. The maximum absolute atomic E-state index is 12.5. The molecule has 2 heterocycles. The maximum atomic E-state index is 12.5. The third-order valence-electron chi connectivity index (χ3n) is 3.51. The van der Waals surface area contributed by atoms with Crippen molar-refractivity contribution in [1.82, 2.24) is 14.3 Å². The number of pyridine rings is 1. The first-order valence-electron chi connectivity index (χ1n) is 10.7. The van der Waals surface area contributed by atoms with E-state index in [0.717, 1.165) is 0 Å². The number of carbonyl (C=O) groups is 1. The van der Waals surface area contributed by atoms with Gasteiger partial charge in [0.25, 0.3) is 0 Å². The lowest BCUT2D eigenvalue weighted by Crippen LogP contribution is -2.24. The van der Waals surface area contributed by atoms with Gasteiger partial charge in [0.15, 0.2) is 0 Å². The molecule has 118 valence electrons. The van der Waals surface area contributed by atoms with Crippen molar-refractivity contribution in [1.29, 1.82) is 0 Å². The highest BCUT2D eigenvalue weighted by atomic mass is 16.2. The Labute approximate surface area is 146 Å². The second kappa shape index (κ2) is 5.88. The van der Waals surface area contributed by atoms with Crippen LogP contribution >= 0.6 is 0 Å². The molecule has 4 heteroatoms. The van der Waals surface area contributed by atoms with Gasteiger partial charge in [-0.05, 0) is 25.3 Å². The van der Waals surface area contributed by atoms with Gasteiger partial charge in [-0.2, -0.15) is 0 Å². The van der Waals surface area contributed by atoms with E-state index >= 15 is 0 Å². The van der Waals surface area contributed by atoms with Crippen molar-refractivity contribution in [2.45, 2.75) is 20.1 Å². The molecule has 3 rings (SSSR count). The first-order chi connectivity index (χ1) is 13.8. The highest BCUT2D eigenvalue weighted by Gasteiger charge is 2.18. The van der Waals surface area contributed by atoms with Crippen LogP contribution in [-0.2, 0) is 11.2 Å². The van der Waals surface area contributed by atoms with Gasteiger partial charge in [0.2, 0.25) is 5.91 Å². The average molecular weight is 314 g/mol. The Morgan fingerprint density at radius 1 is 1.17 bits per heavy atom. The van der Waals surface area contributed by atoms with Gasteiger partial charge in [0, 0.05) is 35.5 Å². The highest BCUT2D eigenvalue weighted by Crippen LogP contribution is 2.26. The van der Waals surface area contributed by atoms with Crippen molar-refractivity contribution < 1.29 is 14.4 Å². The zero-order valence-electron chi connectivity index (χ0n) is 19.9. The number of amides is 1. The van der Waals surface area contributed by atoms with E-state index in [4.69, 9.17) is 9.60 Å². The van der Waals surface area contributed by atoms with Crippen molar-refractivity contribution in [3.63, 3.8) is 0 Å². The fraction of sp³-hybridized carbons (Fsp3) is 0.263. The average Bonchev–Trinajstić information content (AvgIpc) is 3.04. The van der Waals surface area contributed by atoms with Gasteiger partial charge in [0.05, 0.1) is 17.8 Å². The van der Waals surface area contributed by atoms with E-state index in [1.165, 1.54) is 53.9 Å². The van der Waals surface area contributed by atoms with Crippen LogP contribution in [0.3, 0.4) is 0 Å². The molecule has 3 aromatic rings. The third kappa shape index (κ3) is 2.97. The van der Waals surface area contributed by atoms with Crippen molar-refractivity contribution in [3.8, 4) is 11.3 Å². The quantitative estimate of drug-likeness (QED) is 0.744.